The van der Waals surface area contributed by atoms with Crippen molar-refractivity contribution in [3.63, 3.8) is 0 Å². The molecular formula is C10H17N. The molecule has 1 rings (SSSR count). The first-order valence-corrected chi connectivity index (χ1v) is 3.78. The van der Waals surface area contributed by atoms with E-state index in [1.165, 1.54) is 11.3 Å². The molecule has 0 N–H and O–H groups in total. The van der Waals surface area contributed by atoms with Gasteiger partial charge in [0, 0.05) is 18.9 Å². The first kappa shape index (κ1) is 10.0. The van der Waals surface area contributed by atoms with Crippen LogP contribution in [0.25, 0.3) is 0 Å². The molecule has 0 radical (unpaired) electrons. The third-order valence-electron chi connectivity index (χ3n) is 1.39. The molecule has 1 heteroatoms. The van der Waals surface area contributed by atoms with Gasteiger partial charge in [-0.2, -0.15) is 0 Å². The maximum atomic E-state index is 3.36. The highest BCUT2D eigenvalue weighted by atomic mass is 14.9. The predicted molar refractivity (Wildman–Crippen MR) is 50.8 cm³/mol. The zero-order valence-electron chi connectivity index (χ0n) is 7.89. The Bertz CT molecular complexity index is 201. The second kappa shape index (κ2) is 4.78. The van der Waals surface area contributed by atoms with Gasteiger partial charge in [0.2, 0.25) is 0 Å². The van der Waals surface area contributed by atoms with Gasteiger partial charge in [0.05, 0.1) is 0 Å². The summed E-state index contributed by atoms with van der Waals surface area (Å²) in [7, 11) is 2.06. The zero-order chi connectivity index (χ0) is 8.85. The molecule has 62 valence electrons. The van der Waals surface area contributed by atoms with E-state index in [0.29, 0.717) is 0 Å². The maximum absolute atomic E-state index is 3.36. The van der Waals surface area contributed by atoms with Gasteiger partial charge in [-0.05, 0) is 32.4 Å². The Morgan fingerprint density at radius 2 is 1.91 bits per heavy atom. The van der Waals surface area contributed by atoms with Gasteiger partial charge in [0.1, 0.15) is 0 Å². The fourth-order valence-electron chi connectivity index (χ4n) is 0.876. The number of hydrogen-bond donors (Lipinski definition) is 0. The highest BCUT2D eigenvalue weighted by Gasteiger charge is 1.89. The second-order valence-corrected chi connectivity index (χ2v) is 2.68. The van der Waals surface area contributed by atoms with Gasteiger partial charge < -0.3 is 4.57 Å². The Kier molecular flexibility index (Phi) is 4.35. The Morgan fingerprint density at radius 1 is 1.45 bits per heavy atom. The SMILES string of the molecule is C=CC.Cc1cc(C)n(C)c1. The van der Waals surface area contributed by atoms with Crippen LogP contribution in [0.2, 0.25) is 0 Å². The number of rotatable bonds is 0. The Labute approximate surface area is 69.4 Å². The summed E-state index contributed by atoms with van der Waals surface area (Å²) in [6.45, 7) is 9.46. The standard InChI is InChI=1S/C7H11N.C3H6/c1-6-4-7(2)8(3)5-6;1-3-2/h4-5H,1-3H3;3H,1H2,2H3. The van der Waals surface area contributed by atoms with Crippen LogP contribution in [0, 0.1) is 13.8 Å². The minimum atomic E-state index is 1.32. The van der Waals surface area contributed by atoms with E-state index in [2.05, 4.69) is 44.3 Å². The normalized spacial score (nSPS) is 8.36. The third kappa shape index (κ3) is 3.66. The Morgan fingerprint density at radius 3 is 2.00 bits per heavy atom. The average molecular weight is 151 g/mol. The van der Waals surface area contributed by atoms with E-state index in [4.69, 9.17) is 0 Å². The van der Waals surface area contributed by atoms with Crippen LogP contribution in [0.4, 0.5) is 0 Å². The molecule has 0 aliphatic carbocycles. The number of aromatic nitrogens is 1. The lowest BCUT2D eigenvalue weighted by Crippen LogP contribution is -1.84. The molecule has 0 atom stereocenters. The van der Waals surface area contributed by atoms with Gasteiger partial charge in [-0.1, -0.05) is 6.08 Å². The van der Waals surface area contributed by atoms with Gasteiger partial charge in [0.15, 0.2) is 0 Å². The topological polar surface area (TPSA) is 4.93 Å². The average Bonchev–Trinajstić information content (AvgIpc) is 2.12. The molecule has 0 unspecified atom stereocenters. The lowest BCUT2D eigenvalue weighted by molar-refractivity contribution is 0.880. The van der Waals surface area contributed by atoms with Gasteiger partial charge >= 0.3 is 0 Å². The van der Waals surface area contributed by atoms with Crippen LogP contribution in [-0.2, 0) is 7.05 Å². The van der Waals surface area contributed by atoms with E-state index in [0.717, 1.165) is 0 Å². The van der Waals surface area contributed by atoms with Crippen LogP contribution in [0.3, 0.4) is 0 Å². The minimum Gasteiger partial charge on any atom is -0.354 e. The van der Waals surface area contributed by atoms with Crippen molar-refractivity contribution in [3.8, 4) is 0 Å². The number of aryl methyl sites for hydroxylation is 3. The van der Waals surface area contributed by atoms with Gasteiger partial charge in [-0.25, -0.2) is 0 Å². The summed E-state index contributed by atoms with van der Waals surface area (Å²) in [5, 5.41) is 0. The monoisotopic (exact) mass is 151 g/mol. The largest absolute Gasteiger partial charge is 0.354 e. The molecule has 0 spiro atoms. The molecule has 0 amide bonds. The summed E-state index contributed by atoms with van der Waals surface area (Å²) in [4.78, 5) is 0. The maximum Gasteiger partial charge on any atom is 0.0143 e. The Hall–Kier alpha value is -0.980. The van der Waals surface area contributed by atoms with Crippen molar-refractivity contribution in [3.05, 3.63) is 36.2 Å². The minimum absolute atomic E-state index is 1.32. The lowest BCUT2D eigenvalue weighted by atomic mass is 10.4. The first-order valence-electron chi connectivity index (χ1n) is 3.78. The van der Waals surface area contributed by atoms with Crippen molar-refractivity contribution < 1.29 is 0 Å². The van der Waals surface area contributed by atoms with E-state index in [1.54, 1.807) is 6.08 Å². The molecule has 1 aromatic heterocycles. The summed E-state index contributed by atoms with van der Waals surface area (Å²) >= 11 is 0. The molecule has 0 aliphatic heterocycles. The summed E-state index contributed by atoms with van der Waals surface area (Å²) < 4.78 is 2.12. The molecule has 0 fully saturated rings. The highest BCUT2D eigenvalue weighted by Crippen LogP contribution is 2.02. The Balaban J connectivity index is 0.000000292. The van der Waals surface area contributed by atoms with Crippen molar-refractivity contribution in [2.45, 2.75) is 20.8 Å². The summed E-state index contributed by atoms with van der Waals surface area (Å²) in [5.41, 5.74) is 2.66. The van der Waals surface area contributed by atoms with Crippen molar-refractivity contribution in [2.24, 2.45) is 7.05 Å². The van der Waals surface area contributed by atoms with Crippen molar-refractivity contribution in [2.75, 3.05) is 0 Å². The second-order valence-electron chi connectivity index (χ2n) is 2.68. The molecular weight excluding hydrogens is 134 g/mol. The van der Waals surface area contributed by atoms with E-state index >= 15 is 0 Å². The number of hydrogen-bond acceptors (Lipinski definition) is 0. The highest BCUT2D eigenvalue weighted by molar-refractivity contribution is 5.14. The van der Waals surface area contributed by atoms with Crippen LogP contribution in [-0.4, -0.2) is 4.57 Å². The van der Waals surface area contributed by atoms with Crippen molar-refractivity contribution in [1.82, 2.24) is 4.57 Å². The molecule has 0 saturated heterocycles. The van der Waals surface area contributed by atoms with Crippen LogP contribution in [0.5, 0.6) is 0 Å². The molecule has 0 saturated carbocycles. The van der Waals surface area contributed by atoms with Crippen LogP contribution < -0.4 is 0 Å². The molecule has 1 heterocycles. The fourth-order valence-corrected chi connectivity index (χ4v) is 0.876. The predicted octanol–water partition coefficient (Wildman–Crippen LogP) is 2.83. The summed E-state index contributed by atoms with van der Waals surface area (Å²) in [5.74, 6) is 0. The zero-order valence-corrected chi connectivity index (χ0v) is 7.89. The van der Waals surface area contributed by atoms with Crippen LogP contribution in [0.1, 0.15) is 18.2 Å². The summed E-state index contributed by atoms with van der Waals surface area (Å²) in [6.07, 6.45) is 3.87. The van der Waals surface area contributed by atoms with E-state index in [1.807, 2.05) is 6.92 Å². The number of allylic oxidation sites excluding steroid dienone is 1. The molecule has 0 bridgehead atoms. The summed E-state index contributed by atoms with van der Waals surface area (Å²) in [6, 6.07) is 2.17. The smallest absolute Gasteiger partial charge is 0.0143 e. The van der Waals surface area contributed by atoms with Gasteiger partial charge in [-0.15, -0.1) is 6.58 Å². The van der Waals surface area contributed by atoms with Crippen molar-refractivity contribution >= 4 is 0 Å². The molecule has 0 aliphatic rings. The van der Waals surface area contributed by atoms with E-state index in [9.17, 15) is 0 Å². The number of nitrogens with zero attached hydrogens (tertiary/aromatic N) is 1. The molecule has 1 nitrogen and oxygen atoms in total. The van der Waals surface area contributed by atoms with Crippen molar-refractivity contribution in [1.29, 1.82) is 0 Å². The molecule has 1 aromatic rings. The molecule has 11 heavy (non-hydrogen) atoms. The van der Waals surface area contributed by atoms with Gasteiger partial charge in [-0.3, -0.25) is 0 Å². The first-order chi connectivity index (χ1) is 5.11. The van der Waals surface area contributed by atoms with Crippen LogP contribution >= 0.6 is 0 Å². The van der Waals surface area contributed by atoms with E-state index < -0.39 is 0 Å². The fraction of sp³-hybridized carbons (Fsp3) is 0.400. The van der Waals surface area contributed by atoms with Crippen LogP contribution in [0.15, 0.2) is 24.9 Å². The molecule has 0 aromatic carbocycles. The lowest BCUT2D eigenvalue weighted by Gasteiger charge is -1.89. The quantitative estimate of drug-likeness (QED) is 0.502. The van der Waals surface area contributed by atoms with E-state index in [-0.39, 0.29) is 0 Å². The van der Waals surface area contributed by atoms with Gasteiger partial charge in [0.25, 0.3) is 0 Å². The third-order valence-corrected chi connectivity index (χ3v) is 1.39.